The standard InChI is InChI=1S/C14H13N3O3S/c18-9-12-8-15-16-14(12)21(19,20)17-13-6-5-10-3-1-2-4-11(10)7-13/h1-8,17-18H,9H2,(H,15,16). The molecule has 21 heavy (non-hydrogen) atoms. The monoisotopic (exact) mass is 303 g/mol. The van der Waals surface area contributed by atoms with E-state index in [1.165, 1.54) is 6.20 Å². The molecule has 3 aromatic rings. The number of hydrogen-bond acceptors (Lipinski definition) is 4. The zero-order chi connectivity index (χ0) is 14.9. The molecule has 0 aliphatic rings. The van der Waals surface area contributed by atoms with Crippen molar-refractivity contribution in [3.8, 4) is 0 Å². The highest BCUT2D eigenvalue weighted by Crippen LogP contribution is 2.22. The second kappa shape index (κ2) is 5.19. The number of aromatic amines is 1. The van der Waals surface area contributed by atoms with Gasteiger partial charge in [-0.2, -0.15) is 13.5 Å². The molecule has 6 nitrogen and oxygen atoms in total. The Labute approximate surface area is 121 Å². The fourth-order valence-corrected chi connectivity index (χ4v) is 3.28. The maximum Gasteiger partial charge on any atom is 0.279 e. The van der Waals surface area contributed by atoms with Crippen LogP contribution in [0.2, 0.25) is 0 Å². The first kappa shape index (κ1) is 13.6. The van der Waals surface area contributed by atoms with Crippen LogP contribution in [0.5, 0.6) is 0 Å². The number of aliphatic hydroxyl groups excluding tert-OH is 1. The van der Waals surface area contributed by atoms with E-state index in [0.717, 1.165) is 10.8 Å². The first-order valence-corrected chi connectivity index (χ1v) is 7.73. The Hall–Kier alpha value is -2.38. The summed E-state index contributed by atoms with van der Waals surface area (Å²) in [6.07, 6.45) is 1.29. The minimum absolute atomic E-state index is 0.127. The number of sulfonamides is 1. The number of H-pyrrole nitrogens is 1. The van der Waals surface area contributed by atoms with E-state index in [1.54, 1.807) is 12.1 Å². The Bertz CT molecular complexity index is 887. The van der Waals surface area contributed by atoms with E-state index >= 15 is 0 Å². The van der Waals surface area contributed by atoms with Gasteiger partial charge in [-0.05, 0) is 22.9 Å². The molecule has 0 aliphatic heterocycles. The maximum atomic E-state index is 12.3. The molecule has 3 N–H and O–H groups in total. The molecule has 108 valence electrons. The molecule has 0 spiro atoms. The molecular weight excluding hydrogens is 290 g/mol. The van der Waals surface area contributed by atoms with Gasteiger partial charge >= 0.3 is 0 Å². The van der Waals surface area contributed by atoms with Crippen LogP contribution in [0, 0.1) is 0 Å². The Morgan fingerprint density at radius 1 is 1.14 bits per heavy atom. The number of nitrogens with zero attached hydrogens (tertiary/aromatic N) is 1. The number of anilines is 1. The summed E-state index contributed by atoms with van der Waals surface area (Å²) in [6.45, 7) is -0.398. The van der Waals surface area contributed by atoms with E-state index in [9.17, 15) is 8.42 Å². The SMILES string of the molecule is O=S(=O)(Nc1ccc2ccccc2c1)c1[nH]ncc1CO. The van der Waals surface area contributed by atoms with Crippen LogP contribution in [0.1, 0.15) is 5.56 Å². The van der Waals surface area contributed by atoms with Crippen molar-refractivity contribution < 1.29 is 13.5 Å². The van der Waals surface area contributed by atoms with Crippen molar-refractivity contribution in [2.24, 2.45) is 0 Å². The van der Waals surface area contributed by atoms with Gasteiger partial charge in [-0.3, -0.25) is 9.82 Å². The molecule has 7 heteroatoms. The number of fused-ring (bicyclic) bond motifs is 1. The van der Waals surface area contributed by atoms with Gasteiger partial charge in [-0.25, -0.2) is 0 Å². The van der Waals surface area contributed by atoms with Gasteiger partial charge < -0.3 is 5.11 Å². The summed E-state index contributed by atoms with van der Waals surface area (Å²) < 4.78 is 27.0. The lowest BCUT2D eigenvalue weighted by atomic mass is 10.1. The summed E-state index contributed by atoms with van der Waals surface area (Å²) >= 11 is 0. The van der Waals surface area contributed by atoms with Gasteiger partial charge in [0.25, 0.3) is 10.0 Å². The predicted molar refractivity (Wildman–Crippen MR) is 79.3 cm³/mol. The summed E-state index contributed by atoms with van der Waals surface area (Å²) in [5.74, 6) is 0. The summed E-state index contributed by atoms with van der Waals surface area (Å²) in [7, 11) is -3.81. The molecule has 0 radical (unpaired) electrons. The van der Waals surface area contributed by atoms with Crippen LogP contribution in [-0.2, 0) is 16.6 Å². The van der Waals surface area contributed by atoms with Gasteiger partial charge in [-0.1, -0.05) is 30.3 Å². The minimum atomic E-state index is -3.81. The molecule has 0 fully saturated rings. The van der Waals surface area contributed by atoms with E-state index in [2.05, 4.69) is 14.9 Å². The zero-order valence-electron chi connectivity index (χ0n) is 10.9. The lowest BCUT2D eigenvalue weighted by molar-refractivity contribution is 0.278. The first-order chi connectivity index (χ1) is 10.1. The number of benzene rings is 2. The normalized spacial score (nSPS) is 11.7. The van der Waals surface area contributed by atoms with Gasteiger partial charge in [0.1, 0.15) is 0 Å². The third-order valence-electron chi connectivity index (χ3n) is 3.12. The lowest BCUT2D eigenvalue weighted by Crippen LogP contribution is -2.15. The molecule has 3 rings (SSSR count). The van der Waals surface area contributed by atoms with Crippen LogP contribution >= 0.6 is 0 Å². The molecule has 0 saturated heterocycles. The van der Waals surface area contributed by atoms with Crippen LogP contribution in [-0.4, -0.2) is 23.7 Å². The molecule has 2 aromatic carbocycles. The molecule has 0 saturated carbocycles. The van der Waals surface area contributed by atoms with Crippen LogP contribution < -0.4 is 4.72 Å². The summed E-state index contributed by atoms with van der Waals surface area (Å²) in [4.78, 5) is 0. The molecule has 0 aliphatic carbocycles. The van der Waals surface area contributed by atoms with Gasteiger partial charge in [0.05, 0.1) is 12.8 Å². The average molecular weight is 303 g/mol. The summed E-state index contributed by atoms with van der Waals surface area (Å²) in [5.41, 5.74) is 0.676. The number of hydrogen-bond donors (Lipinski definition) is 3. The van der Waals surface area contributed by atoms with E-state index in [-0.39, 0.29) is 10.6 Å². The fraction of sp³-hybridized carbons (Fsp3) is 0.0714. The largest absolute Gasteiger partial charge is 0.392 e. The third kappa shape index (κ3) is 2.61. The van der Waals surface area contributed by atoms with Crippen molar-refractivity contribution in [1.29, 1.82) is 0 Å². The van der Waals surface area contributed by atoms with Crippen LogP contribution in [0.4, 0.5) is 5.69 Å². The van der Waals surface area contributed by atoms with E-state index in [0.29, 0.717) is 5.69 Å². The molecule has 0 amide bonds. The quantitative estimate of drug-likeness (QED) is 0.685. The fourth-order valence-electron chi connectivity index (χ4n) is 2.10. The molecular formula is C14H13N3O3S. The van der Waals surface area contributed by atoms with Crippen molar-refractivity contribution in [3.05, 3.63) is 54.2 Å². The second-order valence-electron chi connectivity index (χ2n) is 4.55. The van der Waals surface area contributed by atoms with Gasteiger partial charge in [-0.15, -0.1) is 0 Å². The lowest BCUT2D eigenvalue weighted by Gasteiger charge is -2.08. The van der Waals surface area contributed by atoms with E-state index in [4.69, 9.17) is 5.11 Å². The van der Waals surface area contributed by atoms with Crippen molar-refractivity contribution in [1.82, 2.24) is 10.2 Å². The van der Waals surface area contributed by atoms with Crippen LogP contribution in [0.15, 0.2) is 53.7 Å². The average Bonchev–Trinajstić information content (AvgIpc) is 2.96. The van der Waals surface area contributed by atoms with Crippen LogP contribution in [0.25, 0.3) is 10.8 Å². The van der Waals surface area contributed by atoms with E-state index in [1.807, 2.05) is 30.3 Å². The molecule has 0 unspecified atom stereocenters. The predicted octanol–water partition coefficient (Wildman–Crippen LogP) is 1.86. The summed E-state index contributed by atoms with van der Waals surface area (Å²) in [5, 5.41) is 17.0. The number of aliphatic hydroxyl groups is 1. The molecule has 0 atom stereocenters. The Kier molecular flexibility index (Phi) is 3.36. The van der Waals surface area contributed by atoms with Gasteiger partial charge in [0.2, 0.25) is 0 Å². The highest BCUT2D eigenvalue weighted by molar-refractivity contribution is 7.92. The zero-order valence-corrected chi connectivity index (χ0v) is 11.8. The van der Waals surface area contributed by atoms with Gasteiger partial charge in [0, 0.05) is 11.3 Å². The van der Waals surface area contributed by atoms with Crippen molar-refractivity contribution in [2.75, 3.05) is 4.72 Å². The van der Waals surface area contributed by atoms with Crippen molar-refractivity contribution in [2.45, 2.75) is 11.6 Å². The Morgan fingerprint density at radius 2 is 1.90 bits per heavy atom. The maximum absolute atomic E-state index is 12.3. The van der Waals surface area contributed by atoms with Crippen molar-refractivity contribution in [3.63, 3.8) is 0 Å². The highest BCUT2D eigenvalue weighted by atomic mass is 32.2. The highest BCUT2D eigenvalue weighted by Gasteiger charge is 2.20. The second-order valence-corrected chi connectivity index (χ2v) is 6.17. The Balaban J connectivity index is 1.97. The third-order valence-corrected chi connectivity index (χ3v) is 4.51. The number of rotatable bonds is 4. The number of aromatic nitrogens is 2. The first-order valence-electron chi connectivity index (χ1n) is 6.25. The van der Waals surface area contributed by atoms with Gasteiger partial charge in [0.15, 0.2) is 5.03 Å². The van der Waals surface area contributed by atoms with Crippen LogP contribution in [0.3, 0.4) is 0 Å². The Morgan fingerprint density at radius 3 is 2.67 bits per heavy atom. The van der Waals surface area contributed by atoms with E-state index < -0.39 is 16.6 Å². The topological polar surface area (TPSA) is 95.1 Å². The number of nitrogens with one attached hydrogen (secondary N) is 2. The summed E-state index contributed by atoms with van der Waals surface area (Å²) in [6, 6.07) is 12.9. The minimum Gasteiger partial charge on any atom is -0.392 e. The van der Waals surface area contributed by atoms with Crippen molar-refractivity contribution >= 4 is 26.5 Å². The molecule has 1 aromatic heterocycles. The smallest absolute Gasteiger partial charge is 0.279 e. The molecule has 0 bridgehead atoms. The molecule has 1 heterocycles.